The molecule has 0 atom stereocenters. The van der Waals surface area contributed by atoms with Gasteiger partial charge in [0.25, 0.3) is 11.8 Å². The van der Waals surface area contributed by atoms with Gasteiger partial charge >= 0.3 is 0 Å². The van der Waals surface area contributed by atoms with Crippen molar-refractivity contribution in [3.63, 3.8) is 0 Å². The Morgan fingerprint density at radius 1 is 1.24 bits per heavy atom. The summed E-state index contributed by atoms with van der Waals surface area (Å²) in [5.74, 6) is -0.436. The average Bonchev–Trinajstić information content (AvgIpc) is 2.56. The number of anilines is 1. The van der Waals surface area contributed by atoms with Crippen LogP contribution in [-0.4, -0.2) is 23.5 Å². The predicted molar refractivity (Wildman–Crippen MR) is 104 cm³/mol. The van der Waals surface area contributed by atoms with Crippen molar-refractivity contribution in [2.24, 2.45) is 5.73 Å². The van der Waals surface area contributed by atoms with E-state index in [1.54, 1.807) is 30.3 Å². The molecule has 6 nitrogen and oxygen atoms in total. The number of halogens is 1. The van der Waals surface area contributed by atoms with E-state index in [1.165, 1.54) is 0 Å². The summed E-state index contributed by atoms with van der Waals surface area (Å²) >= 11 is 8.47. The smallest absolute Gasteiger partial charge is 0.264 e. The maximum atomic E-state index is 11.9. The molecule has 0 heterocycles. The number of carbonyl (C=O) groups is 2. The minimum Gasteiger partial charge on any atom is -0.484 e. The number of hydrogen-bond donors (Lipinski definition) is 3. The Balaban J connectivity index is 1.89. The lowest BCUT2D eigenvalue weighted by Gasteiger charge is -2.12. The third kappa shape index (κ3) is 5.54. The Kier molecular flexibility index (Phi) is 6.49. The number of hydrogen-bond acceptors (Lipinski definition) is 4. The number of nitrogens with two attached hydrogens (primary N) is 1. The minimum atomic E-state index is -0.592. The van der Waals surface area contributed by atoms with Crippen LogP contribution in [0.5, 0.6) is 5.75 Å². The van der Waals surface area contributed by atoms with Crippen LogP contribution in [0.4, 0.5) is 5.69 Å². The normalized spacial score (nSPS) is 10.0. The van der Waals surface area contributed by atoms with Crippen LogP contribution in [0.25, 0.3) is 0 Å². The molecule has 8 heteroatoms. The summed E-state index contributed by atoms with van der Waals surface area (Å²) in [7, 11) is 0. The van der Waals surface area contributed by atoms with Gasteiger partial charge in [-0.1, -0.05) is 28.1 Å². The standard InChI is InChI=1S/C17H16BrN3O3S/c1-10-8-11(6-7-13(10)18)24-9-15(22)21-17(25)20-14-5-3-2-4-12(14)16(19)23/h2-8H,9H2,1H3,(H2,19,23)(H2,20,21,22,25). The van der Waals surface area contributed by atoms with Gasteiger partial charge in [0.15, 0.2) is 11.7 Å². The fraction of sp³-hybridized carbons (Fsp3) is 0.118. The molecule has 130 valence electrons. The van der Waals surface area contributed by atoms with Gasteiger partial charge in [-0.05, 0) is 55.0 Å². The fourth-order valence-corrected chi connectivity index (χ4v) is 2.45. The van der Waals surface area contributed by atoms with Crippen LogP contribution in [0.3, 0.4) is 0 Å². The zero-order chi connectivity index (χ0) is 18.4. The van der Waals surface area contributed by atoms with Crippen LogP contribution >= 0.6 is 28.1 Å². The van der Waals surface area contributed by atoms with Crippen LogP contribution in [0.15, 0.2) is 46.9 Å². The quantitative estimate of drug-likeness (QED) is 0.645. The highest BCUT2D eigenvalue weighted by Gasteiger charge is 2.11. The van der Waals surface area contributed by atoms with Gasteiger partial charge in [0.05, 0.1) is 11.3 Å². The molecule has 2 rings (SSSR count). The summed E-state index contributed by atoms with van der Waals surface area (Å²) in [4.78, 5) is 23.3. The monoisotopic (exact) mass is 421 g/mol. The summed E-state index contributed by atoms with van der Waals surface area (Å²) in [5, 5.41) is 5.31. The number of primary amides is 1. The highest BCUT2D eigenvalue weighted by Crippen LogP contribution is 2.21. The summed E-state index contributed by atoms with van der Waals surface area (Å²) in [6, 6.07) is 12.0. The Morgan fingerprint density at radius 2 is 1.96 bits per heavy atom. The van der Waals surface area contributed by atoms with Crippen molar-refractivity contribution in [3.05, 3.63) is 58.1 Å². The third-order valence-corrected chi connectivity index (χ3v) is 4.29. The van der Waals surface area contributed by atoms with Crippen molar-refractivity contribution in [2.45, 2.75) is 6.92 Å². The molecular formula is C17H16BrN3O3S. The van der Waals surface area contributed by atoms with Gasteiger partial charge < -0.3 is 15.8 Å². The van der Waals surface area contributed by atoms with E-state index in [0.717, 1.165) is 10.0 Å². The number of amides is 2. The highest BCUT2D eigenvalue weighted by molar-refractivity contribution is 9.10. The molecule has 0 aliphatic rings. The molecule has 2 aromatic rings. The maximum absolute atomic E-state index is 11.9. The number of thiocarbonyl (C=S) groups is 1. The SMILES string of the molecule is Cc1cc(OCC(=O)NC(=S)Nc2ccccc2C(N)=O)ccc1Br. The van der Waals surface area contributed by atoms with E-state index in [1.807, 2.05) is 19.1 Å². The van der Waals surface area contributed by atoms with Crippen LogP contribution in [0.1, 0.15) is 15.9 Å². The van der Waals surface area contributed by atoms with E-state index >= 15 is 0 Å². The maximum Gasteiger partial charge on any atom is 0.264 e. The van der Waals surface area contributed by atoms with Gasteiger partial charge in [-0.25, -0.2) is 0 Å². The Hall–Kier alpha value is -2.45. The van der Waals surface area contributed by atoms with Gasteiger partial charge in [0, 0.05) is 4.47 Å². The van der Waals surface area contributed by atoms with E-state index in [-0.39, 0.29) is 17.3 Å². The lowest BCUT2D eigenvalue weighted by Crippen LogP contribution is -2.37. The zero-order valence-corrected chi connectivity index (χ0v) is 15.7. The predicted octanol–water partition coefficient (Wildman–Crippen LogP) is 2.75. The number of ether oxygens (including phenoxy) is 1. The molecule has 25 heavy (non-hydrogen) atoms. The van der Waals surface area contributed by atoms with Crippen LogP contribution < -0.4 is 21.1 Å². The van der Waals surface area contributed by atoms with Gasteiger partial charge in [-0.15, -0.1) is 0 Å². The molecule has 0 spiro atoms. The second kappa shape index (κ2) is 8.59. The Labute approximate surface area is 158 Å². The Bertz CT molecular complexity index is 827. The highest BCUT2D eigenvalue weighted by atomic mass is 79.9. The lowest BCUT2D eigenvalue weighted by atomic mass is 10.1. The largest absolute Gasteiger partial charge is 0.484 e. The molecule has 0 aliphatic carbocycles. The van der Waals surface area contributed by atoms with E-state index < -0.39 is 11.8 Å². The summed E-state index contributed by atoms with van der Waals surface area (Å²) in [6.07, 6.45) is 0. The molecule has 0 radical (unpaired) electrons. The zero-order valence-electron chi connectivity index (χ0n) is 13.3. The van der Waals surface area contributed by atoms with Crippen LogP contribution in [-0.2, 0) is 4.79 Å². The molecule has 0 bridgehead atoms. The molecule has 0 saturated carbocycles. The topological polar surface area (TPSA) is 93.4 Å². The van der Waals surface area contributed by atoms with Gasteiger partial charge in [-0.2, -0.15) is 0 Å². The molecule has 0 saturated heterocycles. The molecule has 0 aromatic heterocycles. The first-order chi connectivity index (χ1) is 11.9. The average molecular weight is 422 g/mol. The molecule has 4 N–H and O–H groups in total. The number of aryl methyl sites for hydroxylation is 1. The first-order valence-corrected chi connectivity index (χ1v) is 8.45. The lowest BCUT2D eigenvalue weighted by molar-refractivity contribution is -0.121. The van der Waals surface area contributed by atoms with Crippen molar-refractivity contribution < 1.29 is 14.3 Å². The second-order valence-corrected chi connectivity index (χ2v) is 6.37. The number of carbonyl (C=O) groups excluding carboxylic acids is 2. The molecular weight excluding hydrogens is 406 g/mol. The molecule has 0 fully saturated rings. The van der Waals surface area contributed by atoms with E-state index in [4.69, 9.17) is 22.7 Å². The Morgan fingerprint density at radius 3 is 2.64 bits per heavy atom. The van der Waals surface area contributed by atoms with Gasteiger partial charge in [0.1, 0.15) is 5.75 Å². The minimum absolute atomic E-state index is 0.0503. The number of nitrogens with one attached hydrogen (secondary N) is 2. The second-order valence-electron chi connectivity index (χ2n) is 5.11. The summed E-state index contributed by atoms with van der Waals surface area (Å²) in [6.45, 7) is 1.73. The van der Waals surface area contributed by atoms with E-state index in [9.17, 15) is 9.59 Å². The van der Waals surface area contributed by atoms with Crippen molar-refractivity contribution in [1.82, 2.24) is 5.32 Å². The van der Waals surface area contributed by atoms with Gasteiger partial charge in [-0.3, -0.25) is 14.9 Å². The first-order valence-electron chi connectivity index (χ1n) is 7.25. The molecule has 0 aliphatic heterocycles. The molecule has 2 amide bonds. The van der Waals surface area contributed by atoms with Gasteiger partial charge in [0.2, 0.25) is 0 Å². The number of rotatable bonds is 5. The number of para-hydroxylation sites is 1. The molecule has 2 aromatic carbocycles. The van der Waals surface area contributed by atoms with E-state index in [0.29, 0.717) is 11.4 Å². The van der Waals surface area contributed by atoms with Crippen molar-refractivity contribution in [1.29, 1.82) is 0 Å². The van der Waals surface area contributed by atoms with Crippen LogP contribution in [0.2, 0.25) is 0 Å². The van der Waals surface area contributed by atoms with Crippen molar-refractivity contribution in [3.8, 4) is 5.75 Å². The summed E-state index contributed by atoms with van der Waals surface area (Å²) in [5.41, 5.74) is 6.99. The fourth-order valence-electron chi connectivity index (χ4n) is 1.98. The van der Waals surface area contributed by atoms with Crippen molar-refractivity contribution in [2.75, 3.05) is 11.9 Å². The number of benzene rings is 2. The third-order valence-electron chi connectivity index (χ3n) is 3.19. The first kappa shape index (κ1) is 18.9. The van der Waals surface area contributed by atoms with Crippen LogP contribution in [0, 0.1) is 6.92 Å². The van der Waals surface area contributed by atoms with E-state index in [2.05, 4.69) is 26.6 Å². The molecule has 0 unspecified atom stereocenters. The summed E-state index contributed by atoms with van der Waals surface area (Å²) < 4.78 is 6.38. The van der Waals surface area contributed by atoms with Crippen molar-refractivity contribution >= 4 is 50.8 Å².